The van der Waals surface area contributed by atoms with Crippen LogP contribution in [0.25, 0.3) is 0 Å². The molecule has 5 nitrogen and oxygen atoms in total. The third kappa shape index (κ3) is 8.24. The molecule has 0 unspecified atom stereocenters. The van der Waals surface area contributed by atoms with Crippen LogP contribution in [0.15, 0.2) is 72.8 Å². The van der Waals surface area contributed by atoms with Crippen molar-refractivity contribution in [2.24, 2.45) is 0 Å². The van der Waals surface area contributed by atoms with Gasteiger partial charge in [-0.1, -0.05) is 91.6 Å². The van der Waals surface area contributed by atoms with E-state index in [1.807, 2.05) is 75.4 Å². The number of nitrogens with zero attached hydrogens (tertiary/aromatic N) is 1. The number of carbonyl (C=O) groups excluding carboxylic acids is 2. The van der Waals surface area contributed by atoms with Crippen molar-refractivity contribution in [3.8, 4) is 5.75 Å². The Morgan fingerprint density at radius 3 is 2.11 bits per heavy atom. The highest BCUT2D eigenvalue weighted by atomic mass is 35.5. The number of amides is 2. The predicted molar refractivity (Wildman–Crippen MR) is 155 cm³/mol. The maximum absolute atomic E-state index is 13.9. The minimum absolute atomic E-state index is 0.0571. The summed E-state index contributed by atoms with van der Waals surface area (Å²) in [6.45, 7) is 9.70. The average molecular weight is 556 g/mol. The molecule has 3 aromatic carbocycles. The lowest BCUT2D eigenvalue weighted by molar-refractivity contribution is -0.143. The fourth-order valence-electron chi connectivity index (χ4n) is 4.17. The summed E-state index contributed by atoms with van der Waals surface area (Å²) < 4.78 is 6.03. The molecule has 7 heteroatoms. The summed E-state index contributed by atoms with van der Waals surface area (Å²) in [7, 11) is 0. The summed E-state index contributed by atoms with van der Waals surface area (Å²) in [4.78, 5) is 29.1. The highest BCUT2D eigenvalue weighted by Crippen LogP contribution is 2.29. The van der Waals surface area contributed by atoms with Gasteiger partial charge in [-0.25, -0.2) is 0 Å². The Bertz CT molecular complexity index is 1220. The molecule has 0 spiro atoms. The lowest BCUT2D eigenvalue weighted by atomic mass is 10.0. The van der Waals surface area contributed by atoms with Gasteiger partial charge >= 0.3 is 0 Å². The Labute approximate surface area is 236 Å². The Morgan fingerprint density at radius 1 is 0.895 bits per heavy atom. The van der Waals surface area contributed by atoms with Crippen LogP contribution in [0.5, 0.6) is 5.75 Å². The van der Waals surface area contributed by atoms with Crippen molar-refractivity contribution in [1.29, 1.82) is 0 Å². The van der Waals surface area contributed by atoms with Crippen LogP contribution in [0.3, 0.4) is 0 Å². The highest BCUT2D eigenvalue weighted by molar-refractivity contribution is 6.36. The van der Waals surface area contributed by atoms with Crippen LogP contribution in [-0.2, 0) is 22.6 Å². The largest absolute Gasteiger partial charge is 0.483 e. The molecule has 0 radical (unpaired) electrons. The second-order valence-corrected chi connectivity index (χ2v) is 11.5. The van der Waals surface area contributed by atoms with Crippen molar-refractivity contribution in [2.45, 2.75) is 65.1 Å². The first-order valence-corrected chi connectivity index (χ1v) is 13.5. The molecular formula is C31H36Cl2N2O3. The molecule has 0 aromatic heterocycles. The summed E-state index contributed by atoms with van der Waals surface area (Å²) in [5.41, 5.74) is 2.02. The summed E-state index contributed by atoms with van der Waals surface area (Å²) in [6.07, 6.45) is 0.319. The van der Waals surface area contributed by atoms with Gasteiger partial charge in [0.1, 0.15) is 11.8 Å². The molecule has 0 heterocycles. The zero-order valence-corrected chi connectivity index (χ0v) is 24.1. The first-order valence-electron chi connectivity index (χ1n) is 12.8. The van der Waals surface area contributed by atoms with E-state index in [1.165, 1.54) is 4.90 Å². The SMILES string of the molecule is CC(C)c1ccccc1OCC(=O)N(Cc1c(Cl)cccc1Cl)[C@@H](Cc1ccccc1)C(=O)NC(C)(C)C. The monoisotopic (exact) mass is 554 g/mol. The Morgan fingerprint density at radius 2 is 1.50 bits per heavy atom. The second-order valence-electron chi connectivity index (χ2n) is 10.6. The second kappa shape index (κ2) is 13.2. The maximum Gasteiger partial charge on any atom is 0.261 e. The molecule has 0 saturated carbocycles. The van der Waals surface area contributed by atoms with E-state index in [0.717, 1.165) is 11.1 Å². The normalized spacial score (nSPS) is 12.2. The van der Waals surface area contributed by atoms with Crippen LogP contribution in [0.2, 0.25) is 10.0 Å². The molecule has 38 heavy (non-hydrogen) atoms. The number of nitrogens with one attached hydrogen (secondary N) is 1. The van der Waals surface area contributed by atoms with E-state index >= 15 is 0 Å². The minimum Gasteiger partial charge on any atom is -0.483 e. The summed E-state index contributed by atoms with van der Waals surface area (Å²) in [6, 6.07) is 21.7. The lowest BCUT2D eigenvalue weighted by Crippen LogP contribution is -2.55. The van der Waals surface area contributed by atoms with E-state index in [1.54, 1.807) is 18.2 Å². The fraction of sp³-hybridized carbons (Fsp3) is 0.355. The third-order valence-corrected chi connectivity index (χ3v) is 6.76. The molecule has 3 aromatic rings. The number of rotatable bonds is 10. The Hall–Kier alpha value is -3.02. The maximum atomic E-state index is 13.9. The summed E-state index contributed by atoms with van der Waals surface area (Å²) >= 11 is 13.0. The standard InChI is InChI=1S/C31H36Cl2N2O3/c1-21(2)23-14-9-10-17-28(23)38-20-29(36)35(19-24-25(32)15-11-16-26(24)33)27(30(37)34-31(3,4)5)18-22-12-7-6-8-13-22/h6-17,21,27H,18-20H2,1-5H3,(H,34,37)/t27-/m0/s1. The number of ether oxygens (including phenoxy) is 1. The molecule has 0 aliphatic carbocycles. The van der Waals surface area contributed by atoms with Crippen molar-refractivity contribution in [1.82, 2.24) is 10.2 Å². The highest BCUT2D eigenvalue weighted by Gasteiger charge is 2.33. The quantitative estimate of drug-likeness (QED) is 0.292. The van der Waals surface area contributed by atoms with Crippen LogP contribution in [0, 0.1) is 0 Å². The van der Waals surface area contributed by atoms with Gasteiger partial charge in [-0.05, 0) is 56.0 Å². The molecular weight excluding hydrogens is 519 g/mol. The molecule has 3 rings (SSSR count). The number of benzene rings is 3. The van der Waals surface area contributed by atoms with Crippen LogP contribution >= 0.6 is 23.2 Å². The van der Waals surface area contributed by atoms with Gasteiger partial charge in [-0.15, -0.1) is 0 Å². The van der Waals surface area contributed by atoms with Crippen molar-refractivity contribution in [3.63, 3.8) is 0 Å². The number of halogens is 2. The van der Waals surface area contributed by atoms with Crippen molar-refractivity contribution >= 4 is 35.0 Å². The summed E-state index contributed by atoms with van der Waals surface area (Å²) in [5.74, 6) is 0.262. The molecule has 0 saturated heterocycles. The van der Waals surface area contributed by atoms with Gasteiger partial charge in [-0.2, -0.15) is 0 Å². The van der Waals surface area contributed by atoms with Crippen LogP contribution in [-0.4, -0.2) is 34.9 Å². The number of para-hydroxylation sites is 1. The summed E-state index contributed by atoms with van der Waals surface area (Å²) in [5, 5.41) is 3.90. The zero-order chi connectivity index (χ0) is 27.9. The van der Waals surface area contributed by atoms with Gasteiger partial charge < -0.3 is 15.0 Å². The smallest absolute Gasteiger partial charge is 0.261 e. The molecule has 0 aliphatic heterocycles. The lowest BCUT2D eigenvalue weighted by Gasteiger charge is -2.34. The molecule has 1 N–H and O–H groups in total. The van der Waals surface area contributed by atoms with Crippen LogP contribution in [0.4, 0.5) is 0 Å². The fourth-order valence-corrected chi connectivity index (χ4v) is 4.69. The first kappa shape index (κ1) is 29.5. The van der Waals surface area contributed by atoms with E-state index in [-0.39, 0.29) is 30.9 Å². The third-order valence-electron chi connectivity index (χ3n) is 6.05. The average Bonchev–Trinajstić information content (AvgIpc) is 2.86. The van der Waals surface area contributed by atoms with E-state index in [0.29, 0.717) is 27.8 Å². The number of carbonyl (C=O) groups is 2. The molecule has 202 valence electrons. The van der Waals surface area contributed by atoms with Gasteiger partial charge in [0, 0.05) is 34.1 Å². The van der Waals surface area contributed by atoms with Gasteiger partial charge in [-0.3, -0.25) is 9.59 Å². The molecule has 2 amide bonds. The van der Waals surface area contributed by atoms with Gasteiger partial charge in [0.15, 0.2) is 6.61 Å². The van der Waals surface area contributed by atoms with E-state index in [4.69, 9.17) is 27.9 Å². The van der Waals surface area contributed by atoms with Gasteiger partial charge in [0.2, 0.25) is 5.91 Å². The van der Waals surface area contributed by atoms with Crippen LogP contribution < -0.4 is 10.1 Å². The van der Waals surface area contributed by atoms with Gasteiger partial charge in [0.25, 0.3) is 5.91 Å². The van der Waals surface area contributed by atoms with Crippen molar-refractivity contribution < 1.29 is 14.3 Å². The number of hydrogen-bond donors (Lipinski definition) is 1. The Balaban J connectivity index is 2.00. The first-order chi connectivity index (χ1) is 18.0. The predicted octanol–water partition coefficient (Wildman–Crippen LogP) is 7.05. The minimum atomic E-state index is -0.819. The topological polar surface area (TPSA) is 58.6 Å². The molecule has 0 bridgehead atoms. The van der Waals surface area contributed by atoms with E-state index in [9.17, 15) is 9.59 Å². The van der Waals surface area contributed by atoms with E-state index < -0.39 is 11.6 Å². The zero-order valence-electron chi connectivity index (χ0n) is 22.6. The van der Waals surface area contributed by atoms with Crippen molar-refractivity contribution in [2.75, 3.05) is 6.61 Å². The van der Waals surface area contributed by atoms with E-state index in [2.05, 4.69) is 19.2 Å². The van der Waals surface area contributed by atoms with Crippen molar-refractivity contribution in [3.05, 3.63) is 99.5 Å². The number of hydrogen-bond acceptors (Lipinski definition) is 3. The van der Waals surface area contributed by atoms with Gasteiger partial charge in [0.05, 0.1) is 0 Å². The molecule has 1 atom stereocenters. The molecule has 0 aliphatic rings. The molecule has 0 fully saturated rings. The van der Waals surface area contributed by atoms with Crippen LogP contribution in [0.1, 0.15) is 57.2 Å². The Kier molecular flexibility index (Phi) is 10.2.